The summed E-state index contributed by atoms with van der Waals surface area (Å²) < 4.78 is 11.6. The quantitative estimate of drug-likeness (QED) is 0.290. The van der Waals surface area contributed by atoms with Gasteiger partial charge in [0.25, 0.3) is 8.32 Å². The van der Waals surface area contributed by atoms with Crippen LogP contribution in [-0.4, -0.2) is 27.8 Å². The molecule has 0 fully saturated rings. The Morgan fingerprint density at radius 3 is 2.04 bits per heavy atom. The summed E-state index contributed by atoms with van der Waals surface area (Å²) in [5.41, 5.74) is 1.19. The molecule has 0 radical (unpaired) electrons. The van der Waals surface area contributed by atoms with Gasteiger partial charge in [-0.3, -0.25) is 10.1 Å². The van der Waals surface area contributed by atoms with Crippen molar-refractivity contribution in [2.24, 2.45) is 5.16 Å². The lowest BCUT2D eigenvalue weighted by atomic mass is 9.85. The van der Waals surface area contributed by atoms with Crippen LogP contribution in [0.2, 0.25) is 39.3 Å². The van der Waals surface area contributed by atoms with Gasteiger partial charge < -0.3 is 8.95 Å². The minimum atomic E-state index is -2.04. The Morgan fingerprint density at radius 2 is 1.64 bits per heavy atom. The van der Waals surface area contributed by atoms with Crippen molar-refractivity contribution in [3.05, 3.63) is 33.4 Å². The third kappa shape index (κ3) is 6.99. The summed E-state index contributed by atoms with van der Waals surface area (Å²) in [6.45, 7) is 18.1. The Bertz CT molecular complexity index is 669. The summed E-state index contributed by atoms with van der Waals surface area (Å²) in [7, 11) is -3.87. The molecule has 0 N–H and O–H groups in total. The Morgan fingerprint density at radius 1 is 1.08 bits per heavy atom. The molecule has 0 aliphatic rings. The second-order valence-corrected chi connectivity index (χ2v) is 17.9. The predicted octanol–water partition coefficient (Wildman–Crippen LogP) is 5.29. The molecule has 25 heavy (non-hydrogen) atoms. The van der Waals surface area contributed by atoms with Gasteiger partial charge in [-0.1, -0.05) is 20.8 Å². The molecule has 0 saturated heterocycles. The molecule has 6 nitrogen and oxygen atoms in total. The van der Waals surface area contributed by atoms with Crippen LogP contribution in [0.1, 0.15) is 31.9 Å². The van der Waals surface area contributed by atoms with E-state index in [1.165, 1.54) is 6.21 Å². The number of nitro benzene ring substituents is 1. The van der Waals surface area contributed by atoms with E-state index in [0.717, 1.165) is 5.56 Å². The highest BCUT2D eigenvalue weighted by Crippen LogP contribution is 2.37. The van der Waals surface area contributed by atoms with Crippen molar-refractivity contribution in [3.8, 4) is 5.75 Å². The number of nitrogens with zero attached hydrogens (tertiary/aromatic N) is 2. The first-order chi connectivity index (χ1) is 11.1. The van der Waals surface area contributed by atoms with Gasteiger partial charge in [0, 0.05) is 11.6 Å². The van der Waals surface area contributed by atoms with Gasteiger partial charge in [0.2, 0.25) is 8.32 Å². The summed E-state index contributed by atoms with van der Waals surface area (Å²) in [6.07, 6.45) is 1.54. The van der Waals surface area contributed by atoms with E-state index in [2.05, 4.69) is 5.16 Å². The molecule has 0 spiro atoms. The Balaban J connectivity index is 3.56. The first kappa shape index (κ1) is 21.4. The molecular formula is C17H30N2O4Si2. The van der Waals surface area contributed by atoms with E-state index in [4.69, 9.17) is 8.95 Å². The highest BCUT2D eigenvalue weighted by Gasteiger charge is 2.29. The maximum absolute atomic E-state index is 11.6. The van der Waals surface area contributed by atoms with Gasteiger partial charge in [-0.25, -0.2) is 0 Å². The zero-order valence-corrected chi connectivity index (χ0v) is 18.8. The molecule has 0 saturated carbocycles. The van der Waals surface area contributed by atoms with E-state index >= 15 is 0 Å². The second kappa shape index (κ2) is 7.29. The number of hydrogen-bond donors (Lipinski definition) is 0. The molecule has 0 bridgehead atoms. The molecule has 0 aliphatic carbocycles. The predicted molar refractivity (Wildman–Crippen MR) is 108 cm³/mol. The zero-order valence-electron chi connectivity index (χ0n) is 16.8. The van der Waals surface area contributed by atoms with Crippen molar-refractivity contribution in [1.82, 2.24) is 0 Å². The Labute approximate surface area is 152 Å². The Hall–Kier alpha value is -1.68. The van der Waals surface area contributed by atoms with Crippen LogP contribution in [0.4, 0.5) is 5.69 Å². The zero-order chi connectivity index (χ0) is 19.6. The number of hydrogen-bond acceptors (Lipinski definition) is 5. The number of nitro groups is 1. The van der Waals surface area contributed by atoms with E-state index in [9.17, 15) is 10.1 Å². The van der Waals surface area contributed by atoms with Gasteiger partial charge in [-0.2, -0.15) is 0 Å². The number of oxime groups is 1. The second-order valence-electron chi connectivity index (χ2n) is 9.07. The fourth-order valence-corrected chi connectivity index (χ4v) is 3.16. The molecule has 0 atom stereocenters. The summed E-state index contributed by atoms with van der Waals surface area (Å²) in [4.78, 5) is 11.3. The van der Waals surface area contributed by atoms with Gasteiger partial charge in [0.05, 0.1) is 11.1 Å². The topological polar surface area (TPSA) is 74.0 Å². The molecule has 0 aliphatic heterocycles. The van der Waals surface area contributed by atoms with Crippen LogP contribution in [0.25, 0.3) is 0 Å². The van der Waals surface area contributed by atoms with Crippen LogP contribution < -0.4 is 4.43 Å². The van der Waals surface area contributed by atoms with E-state index in [-0.39, 0.29) is 21.8 Å². The highest BCUT2D eigenvalue weighted by molar-refractivity contribution is 6.70. The molecule has 0 heterocycles. The van der Waals surface area contributed by atoms with E-state index < -0.39 is 16.6 Å². The lowest BCUT2D eigenvalue weighted by Crippen LogP contribution is -2.30. The van der Waals surface area contributed by atoms with Crippen LogP contribution in [0.15, 0.2) is 17.3 Å². The largest absolute Gasteiger partial charge is 0.539 e. The van der Waals surface area contributed by atoms with E-state index in [0.29, 0.717) is 5.56 Å². The first-order valence-electron chi connectivity index (χ1n) is 8.34. The molecule has 0 aromatic heterocycles. The smallest absolute Gasteiger partial charge is 0.310 e. The van der Waals surface area contributed by atoms with Crippen molar-refractivity contribution in [1.29, 1.82) is 0 Å². The minimum Gasteiger partial charge on any atom is -0.539 e. The third-order valence-electron chi connectivity index (χ3n) is 3.09. The summed E-state index contributed by atoms with van der Waals surface area (Å²) >= 11 is 0. The molecule has 8 heteroatoms. The minimum absolute atomic E-state index is 0.0238. The fraction of sp³-hybridized carbons (Fsp3) is 0.588. The van der Waals surface area contributed by atoms with Crippen LogP contribution in [0.5, 0.6) is 5.75 Å². The monoisotopic (exact) mass is 382 g/mol. The fourth-order valence-electron chi connectivity index (χ4n) is 1.96. The van der Waals surface area contributed by atoms with E-state index in [1.807, 2.05) is 66.1 Å². The highest BCUT2D eigenvalue weighted by atomic mass is 28.4. The standard InChI is InChI=1S/C17H30N2O4Si2/c1-17(2,3)14-10-13(12-18-23-25(7,8)9)16(22-24(4,5)6)15(11-14)19(20)21/h10-12H,1-9H3. The van der Waals surface area contributed by atoms with Crippen molar-refractivity contribution < 1.29 is 13.9 Å². The number of rotatable bonds is 6. The first-order valence-corrected chi connectivity index (χ1v) is 15.2. The molecule has 1 aromatic rings. The summed E-state index contributed by atoms with van der Waals surface area (Å²) in [6, 6.07) is 3.51. The SMILES string of the molecule is CC(C)(C)c1cc(C=NO[Si](C)(C)C)c(O[Si](C)(C)C)c([N+](=O)[O-])c1. The maximum atomic E-state index is 11.6. The van der Waals surface area contributed by atoms with E-state index in [1.54, 1.807) is 6.07 Å². The van der Waals surface area contributed by atoms with Gasteiger partial charge in [0.1, 0.15) is 0 Å². The van der Waals surface area contributed by atoms with Crippen molar-refractivity contribution in [2.75, 3.05) is 0 Å². The average Bonchev–Trinajstić information content (AvgIpc) is 2.35. The van der Waals surface area contributed by atoms with Crippen LogP contribution >= 0.6 is 0 Å². The van der Waals surface area contributed by atoms with Crippen molar-refractivity contribution >= 4 is 28.5 Å². The van der Waals surface area contributed by atoms with Gasteiger partial charge in [0.15, 0.2) is 5.75 Å². The summed E-state index contributed by atoms with van der Waals surface area (Å²) in [5, 5.41) is 15.7. The van der Waals surface area contributed by atoms with Crippen molar-refractivity contribution in [2.45, 2.75) is 65.5 Å². The average molecular weight is 383 g/mol. The molecule has 140 valence electrons. The lowest BCUT2D eigenvalue weighted by Gasteiger charge is -2.24. The molecular weight excluding hydrogens is 352 g/mol. The normalized spacial score (nSPS) is 13.2. The molecule has 0 unspecified atom stereocenters. The van der Waals surface area contributed by atoms with Crippen LogP contribution in [0.3, 0.4) is 0 Å². The van der Waals surface area contributed by atoms with Crippen molar-refractivity contribution in [3.63, 3.8) is 0 Å². The van der Waals surface area contributed by atoms with Crippen LogP contribution in [0, 0.1) is 10.1 Å². The summed E-state index contributed by atoms with van der Waals surface area (Å²) in [5.74, 6) is 0.278. The third-order valence-corrected chi connectivity index (χ3v) is 4.56. The molecule has 1 rings (SSSR count). The number of benzene rings is 1. The Kier molecular flexibility index (Phi) is 6.23. The van der Waals surface area contributed by atoms with Gasteiger partial charge in [-0.15, -0.1) is 5.16 Å². The van der Waals surface area contributed by atoms with Gasteiger partial charge >= 0.3 is 5.69 Å². The molecule has 0 amide bonds. The van der Waals surface area contributed by atoms with Crippen LogP contribution in [-0.2, 0) is 9.94 Å². The maximum Gasteiger partial charge on any atom is 0.310 e. The molecule has 1 aromatic carbocycles. The lowest BCUT2D eigenvalue weighted by molar-refractivity contribution is -0.385. The van der Waals surface area contributed by atoms with Gasteiger partial charge in [-0.05, 0) is 56.3 Å².